The Hall–Kier alpha value is -6.15. The van der Waals surface area contributed by atoms with Crippen molar-refractivity contribution in [3.05, 3.63) is 112 Å². The van der Waals surface area contributed by atoms with Gasteiger partial charge in [0.25, 0.3) is 11.8 Å². The van der Waals surface area contributed by atoms with Crippen LogP contribution in [-0.2, 0) is 32.3 Å². The van der Waals surface area contributed by atoms with Gasteiger partial charge in [-0.25, -0.2) is 9.37 Å². The summed E-state index contributed by atoms with van der Waals surface area (Å²) in [4.78, 5) is 73.5. The number of hydrogen-bond acceptors (Lipinski definition) is 8. The summed E-state index contributed by atoms with van der Waals surface area (Å²) in [6.45, 7) is 10.4. The Morgan fingerprint density at radius 3 is 2.44 bits per heavy atom. The molecule has 12 nitrogen and oxygen atoms in total. The first kappa shape index (κ1) is 45.9. The Balaban J connectivity index is 0.928. The van der Waals surface area contributed by atoms with Crippen molar-refractivity contribution in [2.45, 2.75) is 110 Å². The minimum atomic E-state index is -1.93. The molecule has 2 aliphatic rings. The number of hydrogen-bond donors (Lipinski definition) is 4. The Morgan fingerprint density at radius 2 is 1.69 bits per heavy atom. The molecule has 1 saturated carbocycles. The van der Waals surface area contributed by atoms with E-state index in [2.05, 4.69) is 26.3 Å². The minimum Gasteiger partial charge on any atom is -0.493 e. The zero-order valence-corrected chi connectivity index (χ0v) is 38.0. The highest BCUT2D eigenvalue weighted by Gasteiger charge is 2.53. The zero-order valence-electron chi connectivity index (χ0n) is 37.1. The largest absolute Gasteiger partial charge is 0.493 e. The summed E-state index contributed by atoms with van der Waals surface area (Å²) in [7, 11) is 0. The summed E-state index contributed by atoms with van der Waals surface area (Å²) in [5.41, 5.74) is 4.55. The number of unbranched alkanes of at least 4 members (excludes halogenated alkanes) is 1. The molecule has 5 amide bonds. The zero-order chi connectivity index (χ0) is 45.6. The molecule has 2 unspecified atom stereocenters. The maximum Gasteiger partial charge on any atom is 0.258 e. The van der Waals surface area contributed by atoms with Crippen LogP contribution >= 0.6 is 11.3 Å². The highest BCUT2D eigenvalue weighted by atomic mass is 32.1. The third kappa shape index (κ3) is 11.0. The molecule has 2 fully saturated rings. The Morgan fingerprint density at radius 1 is 0.922 bits per heavy atom. The number of amides is 5. The number of benzene rings is 4. The van der Waals surface area contributed by atoms with Crippen LogP contribution in [0.3, 0.4) is 0 Å². The third-order valence-corrected chi connectivity index (χ3v) is 13.0. The summed E-state index contributed by atoms with van der Waals surface area (Å²) in [6, 6.07) is 23.5. The smallest absolute Gasteiger partial charge is 0.258 e. The number of likely N-dealkylation sites (tertiary alicyclic amines) is 1. The lowest BCUT2D eigenvalue weighted by Gasteiger charge is -2.35. The second-order valence-corrected chi connectivity index (χ2v) is 18.8. The van der Waals surface area contributed by atoms with Gasteiger partial charge < -0.3 is 30.9 Å². The van der Waals surface area contributed by atoms with E-state index in [4.69, 9.17) is 4.74 Å². The normalized spacial score (nSPS) is 15.9. The first-order chi connectivity index (χ1) is 30.6. The number of aromatic nitrogens is 1. The van der Waals surface area contributed by atoms with Crippen LogP contribution in [0, 0.1) is 19.3 Å². The maximum absolute atomic E-state index is 14.6. The average Bonchev–Trinajstić information content (AvgIpc) is 3.60. The van der Waals surface area contributed by atoms with Gasteiger partial charge in [0.05, 0.1) is 22.7 Å². The van der Waals surface area contributed by atoms with Crippen molar-refractivity contribution in [1.29, 1.82) is 0 Å². The summed E-state index contributed by atoms with van der Waals surface area (Å²) in [5, 5.41) is 13.8. The lowest BCUT2D eigenvalue weighted by molar-refractivity contribution is -0.144. The highest BCUT2D eigenvalue weighted by molar-refractivity contribution is 7.13. The van der Waals surface area contributed by atoms with Gasteiger partial charge in [-0.15, -0.1) is 11.3 Å². The van der Waals surface area contributed by atoms with Crippen LogP contribution in [0.4, 0.5) is 10.1 Å². The number of nitrogens with one attached hydrogen (secondary N) is 4. The van der Waals surface area contributed by atoms with Crippen molar-refractivity contribution in [1.82, 2.24) is 25.8 Å². The standard InChI is InChI=1S/C50H57FN6O6S/c1-31-18-21-37(27-39(31)45(59)52-28-35-14-10-13-33-12-6-7-15-38(33)35)55-42(58)17-8-9-25-63-41-26-34(43-32(2)54-30-64-43)19-20-36(41)29-53-46(60)40-16-11-24-57(40)47(61)44(49(3,4)5)56-48(62)50(51)22-23-50/h6-7,10,12-15,18-21,26-27,30,40,44H,8-9,11,16-17,22-25,28-29H2,1-5H3,(H,52,59)(H,53,60)(H,55,58)(H,56,62). The first-order valence-corrected chi connectivity index (χ1v) is 22.9. The van der Waals surface area contributed by atoms with Crippen LogP contribution in [0.25, 0.3) is 21.2 Å². The van der Waals surface area contributed by atoms with Gasteiger partial charge in [-0.05, 0) is 103 Å². The van der Waals surface area contributed by atoms with E-state index in [1.807, 2.05) is 101 Å². The van der Waals surface area contributed by atoms with Crippen molar-refractivity contribution >= 4 is 57.3 Å². The molecular weight excluding hydrogens is 832 g/mol. The van der Waals surface area contributed by atoms with Crippen LogP contribution < -0.4 is 26.0 Å². The molecule has 64 heavy (non-hydrogen) atoms. The maximum atomic E-state index is 14.6. The number of aryl methyl sites for hydroxylation is 2. The Kier molecular flexibility index (Phi) is 14.1. The predicted octanol–water partition coefficient (Wildman–Crippen LogP) is 8.34. The molecule has 1 saturated heterocycles. The number of fused-ring (bicyclic) bond motifs is 1. The fourth-order valence-electron chi connectivity index (χ4n) is 8.03. The molecule has 5 aromatic rings. The number of carbonyl (C=O) groups is 5. The van der Waals surface area contributed by atoms with Gasteiger partial charge in [0, 0.05) is 42.9 Å². The molecule has 14 heteroatoms. The van der Waals surface area contributed by atoms with Crippen molar-refractivity contribution in [2.24, 2.45) is 5.41 Å². The fourth-order valence-corrected chi connectivity index (χ4v) is 8.83. The number of alkyl halides is 1. The van der Waals surface area contributed by atoms with Gasteiger partial charge in [-0.2, -0.15) is 0 Å². The summed E-state index contributed by atoms with van der Waals surface area (Å²) < 4.78 is 20.9. The number of ether oxygens (including phenoxy) is 1. The van der Waals surface area contributed by atoms with Crippen molar-refractivity contribution < 1.29 is 33.1 Å². The van der Waals surface area contributed by atoms with Crippen LogP contribution in [0.15, 0.2) is 84.4 Å². The van der Waals surface area contributed by atoms with E-state index in [-0.39, 0.29) is 43.5 Å². The molecule has 0 bridgehead atoms. The number of thiazole rings is 1. The predicted molar refractivity (Wildman–Crippen MR) is 248 cm³/mol. The van der Waals surface area contributed by atoms with E-state index in [0.29, 0.717) is 62.4 Å². The lowest BCUT2D eigenvalue weighted by atomic mass is 9.85. The lowest BCUT2D eigenvalue weighted by Crippen LogP contribution is -2.58. The van der Waals surface area contributed by atoms with Gasteiger partial charge >= 0.3 is 0 Å². The molecular formula is C50H57FN6O6S. The van der Waals surface area contributed by atoms with Gasteiger partial charge in [-0.3, -0.25) is 24.0 Å². The summed E-state index contributed by atoms with van der Waals surface area (Å²) >= 11 is 1.52. The van der Waals surface area contributed by atoms with Crippen molar-refractivity contribution in [3.8, 4) is 16.2 Å². The van der Waals surface area contributed by atoms with E-state index >= 15 is 0 Å². The van der Waals surface area contributed by atoms with Gasteiger partial charge in [0.1, 0.15) is 17.8 Å². The molecule has 2 atom stereocenters. The fraction of sp³-hybridized carbons (Fsp3) is 0.400. The molecule has 2 heterocycles. The molecule has 7 rings (SSSR count). The second-order valence-electron chi connectivity index (χ2n) is 17.9. The van der Waals surface area contributed by atoms with E-state index in [9.17, 15) is 28.4 Å². The third-order valence-electron chi connectivity index (χ3n) is 12.0. The van der Waals surface area contributed by atoms with Crippen LogP contribution in [0.5, 0.6) is 5.75 Å². The van der Waals surface area contributed by atoms with Gasteiger partial charge in [-0.1, -0.05) is 81.4 Å². The molecule has 0 spiro atoms. The van der Waals surface area contributed by atoms with E-state index in [0.717, 1.165) is 43.6 Å². The van der Waals surface area contributed by atoms with Gasteiger partial charge in [0.15, 0.2) is 5.67 Å². The van der Waals surface area contributed by atoms with Crippen molar-refractivity contribution in [2.75, 3.05) is 18.5 Å². The van der Waals surface area contributed by atoms with Gasteiger partial charge in [0.2, 0.25) is 17.7 Å². The van der Waals surface area contributed by atoms with Crippen LogP contribution in [0.2, 0.25) is 0 Å². The SMILES string of the molecule is Cc1ccc(NC(=O)CCCCOc2cc(-c3scnc3C)ccc2CNC(=O)C2CCCN2C(=O)C(NC(=O)C2(F)CC2)C(C)(C)C)cc1C(=O)NCc1cccc2ccccc12. The molecule has 336 valence electrons. The van der Waals surface area contributed by atoms with E-state index < -0.39 is 35.0 Å². The minimum absolute atomic E-state index is 0.139. The number of halogens is 1. The summed E-state index contributed by atoms with van der Waals surface area (Å²) in [5.74, 6) is -1.32. The number of anilines is 1. The van der Waals surface area contributed by atoms with E-state index in [1.165, 1.54) is 16.2 Å². The molecule has 1 aliphatic heterocycles. The quantitative estimate of drug-likeness (QED) is 0.0684. The average molecular weight is 889 g/mol. The molecule has 4 aromatic carbocycles. The summed E-state index contributed by atoms with van der Waals surface area (Å²) in [6.07, 6.45) is 2.72. The number of carbonyl (C=O) groups excluding carboxylic acids is 5. The number of nitrogens with zero attached hydrogens (tertiary/aromatic N) is 2. The molecule has 1 aliphatic carbocycles. The topological polar surface area (TPSA) is 159 Å². The second kappa shape index (κ2) is 19.7. The number of rotatable bonds is 17. The van der Waals surface area contributed by atoms with E-state index in [1.54, 1.807) is 17.6 Å². The molecule has 1 aromatic heterocycles. The van der Waals surface area contributed by atoms with Crippen LogP contribution in [-0.4, -0.2) is 70.3 Å². The molecule has 4 N–H and O–H groups in total. The monoisotopic (exact) mass is 888 g/mol. The Bertz CT molecular complexity index is 2540. The van der Waals surface area contributed by atoms with Crippen molar-refractivity contribution in [3.63, 3.8) is 0 Å². The Labute approximate surface area is 377 Å². The molecule has 0 radical (unpaired) electrons. The van der Waals surface area contributed by atoms with Crippen LogP contribution in [0.1, 0.15) is 98.5 Å². The highest BCUT2D eigenvalue weighted by Crippen LogP contribution is 2.40. The first-order valence-electron chi connectivity index (χ1n) is 22.0.